The van der Waals surface area contributed by atoms with E-state index in [0.717, 1.165) is 8.26 Å². The van der Waals surface area contributed by atoms with Gasteiger partial charge in [0.1, 0.15) is 0 Å². The molecule has 8 heteroatoms. The zero-order chi connectivity index (χ0) is 15.6. The summed E-state index contributed by atoms with van der Waals surface area (Å²) in [4.78, 5) is 14.6. The van der Waals surface area contributed by atoms with Crippen LogP contribution in [0.3, 0.4) is 0 Å². The molecule has 1 aromatic heterocycles. The van der Waals surface area contributed by atoms with Gasteiger partial charge in [0.2, 0.25) is 0 Å². The van der Waals surface area contributed by atoms with Gasteiger partial charge < -0.3 is 15.8 Å². The average Bonchev–Trinajstić information content (AvgIpc) is 2.84. The minimum absolute atomic E-state index is 0.000638. The molecule has 0 spiro atoms. The Labute approximate surface area is 142 Å². The number of amidine groups is 1. The van der Waals surface area contributed by atoms with E-state index in [9.17, 15) is 4.79 Å². The molecule has 1 amide bonds. The first kappa shape index (κ1) is 16.0. The van der Waals surface area contributed by atoms with Gasteiger partial charge in [0, 0.05) is 22.8 Å². The van der Waals surface area contributed by atoms with Gasteiger partial charge in [0.15, 0.2) is 5.84 Å². The van der Waals surface area contributed by atoms with Gasteiger partial charge in [-0.15, -0.1) is 11.3 Å². The van der Waals surface area contributed by atoms with Crippen molar-refractivity contribution in [2.24, 2.45) is 10.9 Å². The molecule has 0 aliphatic heterocycles. The molecule has 0 radical (unpaired) electrons. The lowest BCUT2D eigenvalue weighted by atomic mass is 10.1. The molecule has 3 N–H and O–H groups in total. The summed E-state index contributed by atoms with van der Waals surface area (Å²) in [5.41, 5.74) is 6.76. The van der Waals surface area contributed by atoms with E-state index in [0.29, 0.717) is 16.1 Å². The molecule has 2 rings (SSSR count). The number of hydrogen-bond acceptors (Lipinski definition) is 4. The van der Waals surface area contributed by atoms with Crippen LogP contribution in [0.15, 0.2) is 43.7 Å². The van der Waals surface area contributed by atoms with Crippen molar-refractivity contribution in [3.8, 4) is 0 Å². The highest BCUT2D eigenvalue weighted by molar-refractivity contribution is 9.13. The fraction of sp³-hybridized carbons (Fsp3) is 0.0769. The molecule has 21 heavy (non-hydrogen) atoms. The molecule has 110 valence electrons. The Morgan fingerprint density at radius 3 is 2.67 bits per heavy atom. The van der Waals surface area contributed by atoms with Crippen LogP contribution < -0.4 is 10.6 Å². The maximum atomic E-state index is 12.4. The van der Waals surface area contributed by atoms with Crippen molar-refractivity contribution in [3.05, 3.63) is 49.0 Å². The fourth-order valence-electron chi connectivity index (χ4n) is 1.67. The monoisotopic (exact) mass is 431 g/mol. The van der Waals surface area contributed by atoms with Crippen LogP contribution in [0.25, 0.3) is 0 Å². The SMILES string of the molecule is CN(C(=O)c1cc(Br)c(Br)s1)c1cccc(/C(N)=N/O)c1. The van der Waals surface area contributed by atoms with Crippen molar-refractivity contribution >= 4 is 60.6 Å². The van der Waals surface area contributed by atoms with E-state index >= 15 is 0 Å². The van der Waals surface area contributed by atoms with Gasteiger partial charge in [-0.1, -0.05) is 17.3 Å². The fourth-order valence-corrected chi connectivity index (χ4v) is 3.68. The Hall–Kier alpha value is -1.38. The number of carbonyl (C=O) groups is 1. The Balaban J connectivity index is 2.31. The highest BCUT2D eigenvalue weighted by Gasteiger charge is 2.18. The molecule has 1 heterocycles. The average molecular weight is 433 g/mol. The van der Waals surface area contributed by atoms with Gasteiger partial charge in [-0.25, -0.2) is 0 Å². The number of amides is 1. The van der Waals surface area contributed by atoms with Crippen molar-refractivity contribution in [1.29, 1.82) is 0 Å². The summed E-state index contributed by atoms with van der Waals surface area (Å²) in [6.07, 6.45) is 0. The van der Waals surface area contributed by atoms with Crippen molar-refractivity contribution in [3.63, 3.8) is 0 Å². The molecule has 0 bridgehead atoms. The predicted molar refractivity (Wildman–Crippen MR) is 91.4 cm³/mol. The summed E-state index contributed by atoms with van der Waals surface area (Å²) >= 11 is 8.08. The predicted octanol–water partition coefficient (Wildman–Crippen LogP) is 3.64. The zero-order valence-electron chi connectivity index (χ0n) is 10.9. The minimum Gasteiger partial charge on any atom is -0.409 e. The molecule has 0 saturated heterocycles. The molecule has 0 saturated carbocycles. The third-order valence-electron chi connectivity index (χ3n) is 2.80. The first-order valence-corrected chi connectivity index (χ1v) is 8.15. The number of nitrogens with two attached hydrogens (primary N) is 1. The van der Waals surface area contributed by atoms with E-state index in [1.807, 2.05) is 0 Å². The van der Waals surface area contributed by atoms with Gasteiger partial charge in [-0.3, -0.25) is 4.79 Å². The number of carbonyl (C=O) groups excluding carboxylic acids is 1. The maximum Gasteiger partial charge on any atom is 0.268 e. The van der Waals surface area contributed by atoms with Crippen LogP contribution in [0.5, 0.6) is 0 Å². The second-order valence-corrected chi connectivity index (χ2v) is 7.36. The molecule has 5 nitrogen and oxygen atoms in total. The minimum atomic E-state index is -0.136. The normalized spacial score (nSPS) is 11.5. The molecule has 0 atom stereocenters. The van der Waals surface area contributed by atoms with Crippen LogP contribution in [0.1, 0.15) is 15.2 Å². The highest BCUT2D eigenvalue weighted by Crippen LogP contribution is 2.33. The van der Waals surface area contributed by atoms with E-state index in [1.165, 1.54) is 16.2 Å². The number of thiophene rings is 1. The van der Waals surface area contributed by atoms with Crippen LogP contribution in [0.2, 0.25) is 0 Å². The molecule has 0 unspecified atom stereocenters. The second kappa shape index (κ2) is 6.59. The summed E-state index contributed by atoms with van der Waals surface area (Å²) in [7, 11) is 1.68. The van der Waals surface area contributed by atoms with Gasteiger partial charge >= 0.3 is 0 Å². The van der Waals surface area contributed by atoms with Crippen LogP contribution in [0.4, 0.5) is 5.69 Å². The van der Waals surface area contributed by atoms with Crippen LogP contribution in [-0.4, -0.2) is 24.0 Å². The van der Waals surface area contributed by atoms with E-state index < -0.39 is 0 Å². The summed E-state index contributed by atoms with van der Waals surface area (Å²) in [5, 5.41) is 11.7. The number of nitrogens with zero attached hydrogens (tertiary/aromatic N) is 2. The van der Waals surface area contributed by atoms with E-state index in [2.05, 4.69) is 37.0 Å². The second-order valence-electron chi connectivity index (χ2n) is 4.13. The van der Waals surface area contributed by atoms with Gasteiger partial charge in [-0.05, 0) is 50.1 Å². The Morgan fingerprint density at radius 1 is 1.38 bits per heavy atom. The lowest BCUT2D eigenvalue weighted by Gasteiger charge is -2.17. The van der Waals surface area contributed by atoms with Crippen molar-refractivity contribution < 1.29 is 10.0 Å². The van der Waals surface area contributed by atoms with Crippen LogP contribution in [0, 0.1) is 0 Å². The van der Waals surface area contributed by atoms with Crippen molar-refractivity contribution in [1.82, 2.24) is 0 Å². The Kier molecular flexibility index (Phi) is 5.02. The van der Waals surface area contributed by atoms with Crippen LogP contribution in [-0.2, 0) is 0 Å². The first-order chi connectivity index (χ1) is 9.93. The number of halogens is 2. The lowest BCUT2D eigenvalue weighted by molar-refractivity contribution is 0.0997. The lowest BCUT2D eigenvalue weighted by Crippen LogP contribution is -2.25. The number of anilines is 1. The molecule has 0 aliphatic rings. The number of hydrogen-bond donors (Lipinski definition) is 2. The Morgan fingerprint density at radius 2 is 2.10 bits per heavy atom. The summed E-state index contributed by atoms with van der Waals surface area (Å²) in [5.74, 6) is -0.137. The molecular formula is C13H11Br2N3O2S. The number of benzene rings is 1. The highest BCUT2D eigenvalue weighted by atomic mass is 79.9. The summed E-state index contributed by atoms with van der Waals surface area (Å²) in [6.45, 7) is 0. The number of rotatable bonds is 3. The number of oxime groups is 1. The first-order valence-electron chi connectivity index (χ1n) is 5.75. The maximum absolute atomic E-state index is 12.4. The molecule has 0 fully saturated rings. The van der Waals surface area contributed by atoms with Crippen LogP contribution >= 0.6 is 43.2 Å². The molecule has 1 aromatic carbocycles. The molecule has 0 aliphatic carbocycles. The summed E-state index contributed by atoms with van der Waals surface area (Å²) in [6, 6.07) is 8.68. The van der Waals surface area contributed by atoms with Crippen molar-refractivity contribution in [2.45, 2.75) is 0 Å². The van der Waals surface area contributed by atoms with Crippen molar-refractivity contribution in [2.75, 3.05) is 11.9 Å². The quantitative estimate of drug-likeness (QED) is 0.336. The van der Waals surface area contributed by atoms with E-state index in [4.69, 9.17) is 10.9 Å². The molecular weight excluding hydrogens is 422 g/mol. The van der Waals surface area contributed by atoms with Gasteiger partial charge in [-0.2, -0.15) is 0 Å². The van der Waals surface area contributed by atoms with Gasteiger partial charge in [0.25, 0.3) is 5.91 Å². The Bertz CT molecular complexity index is 696. The third kappa shape index (κ3) is 3.45. The summed E-state index contributed by atoms with van der Waals surface area (Å²) < 4.78 is 1.71. The standard InChI is InChI=1S/C13H11Br2N3O2S/c1-18(13(19)10-6-9(14)11(15)21-10)8-4-2-3-7(5-8)12(16)17-20/h2-6,20H,1H3,(H2,16,17). The zero-order valence-corrected chi connectivity index (χ0v) is 14.9. The molecule has 2 aromatic rings. The third-order valence-corrected chi connectivity index (χ3v) is 6.04. The van der Waals surface area contributed by atoms with Gasteiger partial charge in [0.05, 0.1) is 8.66 Å². The smallest absolute Gasteiger partial charge is 0.268 e. The van der Waals surface area contributed by atoms with E-state index in [1.54, 1.807) is 37.4 Å². The largest absolute Gasteiger partial charge is 0.409 e. The van der Waals surface area contributed by atoms with E-state index in [-0.39, 0.29) is 11.7 Å². The topological polar surface area (TPSA) is 78.9 Å².